The van der Waals surface area contributed by atoms with Crippen LogP contribution in [0.4, 0.5) is 8.78 Å². The molecule has 110 valence electrons. The summed E-state index contributed by atoms with van der Waals surface area (Å²) >= 11 is 0. The molecule has 1 aliphatic carbocycles. The normalized spacial score (nSPS) is 22.6. The van der Waals surface area contributed by atoms with E-state index in [9.17, 15) is 13.6 Å². The minimum atomic E-state index is -0.731. The van der Waals surface area contributed by atoms with Gasteiger partial charge in [0, 0.05) is 23.7 Å². The van der Waals surface area contributed by atoms with E-state index in [4.69, 9.17) is 0 Å². The van der Waals surface area contributed by atoms with Gasteiger partial charge in [-0.05, 0) is 44.4 Å². The summed E-state index contributed by atoms with van der Waals surface area (Å²) in [5.74, 6) is -1.87. The average Bonchev–Trinajstić information content (AvgIpc) is 2.40. The first kappa shape index (κ1) is 14.9. The first-order chi connectivity index (χ1) is 9.58. The van der Waals surface area contributed by atoms with Gasteiger partial charge in [-0.25, -0.2) is 8.78 Å². The van der Waals surface area contributed by atoms with Gasteiger partial charge < -0.3 is 10.6 Å². The van der Waals surface area contributed by atoms with Crippen LogP contribution in [0.1, 0.15) is 43.0 Å². The number of carbonyl (C=O) groups is 1. The Morgan fingerprint density at radius 3 is 2.20 bits per heavy atom. The topological polar surface area (TPSA) is 41.1 Å². The minimum Gasteiger partial charge on any atom is -0.349 e. The molecule has 1 aromatic rings. The van der Waals surface area contributed by atoms with Gasteiger partial charge in [0.2, 0.25) is 0 Å². The van der Waals surface area contributed by atoms with Gasteiger partial charge in [0.1, 0.15) is 11.6 Å². The maximum absolute atomic E-state index is 13.1. The molecular formula is C15H20F2N2O. The Morgan fingerprint density at radius 2 is 1.65 bits per heavy atom. The lowest BCUT2D eigenvalue weighted by Crippen LogP contribution is -2.42. The summed E-state index contributed by atoms with van der Waals surface area (Å²) < 4.78 is 26.1. The van der Waals surface area contributed by atoms with Crippen molar-refractivity contribution in [1.29, 1.82) is 0 Å². The number of carbonyl (C=O) groups excluding carboxylic acids is 1. The Labute approximate surface area is 117 Å². The molecule has 0 aliphatic heterocycles. The summed E-state index contributed by atoms with van der Waals surface area (Å²) in [6, 6.07) is 3.48. The largest absolute Gasteiger partial charge is 0.349 e. The van der Waals surface area contributed by atoms with Crippen LogP contribution in [0.15, 0.2) is 18.2 Å². The van der Waals surface area contributed by atoms with Crippen LogP contribution in [-0.2, 0) is 0 Å². The van der Waals surface area contributed by atoms with Crippen molar-refractivity contribution in [2.45, 2.75) is 44.7 Å². The van der Waals surface area contributed by atoms with Crippen LogP contribution in [0.25, 0.3) is 0 Å². The molecule has 1 aliphatic rings. The fourth-order valence-corrected chi connectivity index (χ4v) is 2.68. The second-order valence-electron chi connectivity index (χ2n) is 5.24. The zero-order valence-electron chi connectivity index (χ0n) is 11.6. The van der Waals surface area contributed by atoms with E-state index in [1.807, 2.05) is 0 Å². The smallest absolute Gasteiger partial charge is 0.251 e. The summed E-state index contributed by atoms with van der Waals surface area (Å²) in [6.07, 6.45) is 3.80. The van der Waals surface area contributed by atoms with Gasteiger partial charge in [0.05, 0.1) is 0 Å². The number of halogens is 2. The molecule has 2 N–H and O–H groups in total. The molecule has 3 nitrogen and oxygen atoms in total. The van der Waals surface area contributed by atoms with Gasteiger partial charge in [-0.2, -0.15) is 0 Å². The minimum absolute atomic E-state index is 0.0382. The van der Waals surface area contributed by atoms with Gasteiger partial charge in [-0.1, -0.05) is 6.92 Å². The van der Waals surface area contributed by atoms with Gasteiger partial charge in [-0.15, -0.1) is 0 Å². The third-order valence-electron chi connectivity index (χ3n) is 3.68. The molecule has 1 amide bonds. The molecule has 1 aromatic carbocycles. The van der Waals surface area contributed by atoms with E-state index < -0.39 is 17.5 Å². The van der Waals surface area contributed by atoms with Crippen molar-refractivity contribution in [3.8, 4) is 0 Å². The van der Waals surface area contributed by atoms with E-state index in [2.05, 4.69) is 17.6 Å². The molecule has 0 spiro atoms. The molecule has 0 heterocycles. The fourth-order valence-electron chi connectivity index (χ4n) is 2.68. The van der Waals surface area contributed by atoms with E-state index in [0.717, 1.165) is 50.4 Å². The predicted octanol–water partition coefficient (Wildman–Crippen LogP) is 2.62. The Bertz CT molecular complexity index is 451. The molecule has 2 rings (SSSR count). The lowest BCUT2D eigenvalue weighted by atomic mass is 9.91. The van der Waals surface area contributed by atoms with Crippen molar-refractivity contribution in [2.24, 2.45) is 0 Å². The standard InChI is InChI=1S/C15H20F2N2O/c1-2-18-13-3-5-14(6-4-13)19-15(20)10-7-11(16)9-12(17)8-10/h7-9,13-14,18H,2-6H2,1H3,(H,19,20). The third kappa shape index (κ3) is 4.00. The van der Waals surface area contributed by atoms with Crippen LogP contribution >= 0.6 is 0 Å². The summed E-state index contributed by atoms with van der Waals surface area (Å²) in [7, 11) is 0. The lowest BCUT2D eigenvalue weighted by molar-refractivity contribution is 0.0923. The maximum Gasteiger partial charge on any atom is 0.251 e. The SMILES string of the molecule is CCNC1CCC(NC(=O)c2cc(F)cc(F)c2)CC1. The summed E-state index contributed by atoms with van der Waals surface area (Å²) in [6.45, 7) is 3.02. The number of benzene rings is 1. The molecule has 5 heteroatoms. The monoisotopic (exact) mass is 282 g/mol. The number of rotatable bonds is 4. The second-order valence-corrected chi connectivity index (χ2v) is 5.24. The van der Waals surface area contributed by atoms with Crippen LogP contribution in [0.2, 0.25) is 0 Å². The van der Waals surface area contributed by atoms with E-state index in [-0.39, 0.29) is 11.6 Å². The molecule has 0 unspecified atom stereocenters. The van der Waals surface area contributed by atoms with Gasteiger partial charge in [0.15, 0.2) is 0 Å². The Hall–Kier alpha value is -1.49. The lowest BCUT2D eigenvalue weighted by Gasteiger charge is -2.29. The van der Waals surface area contributed by atoms with Gasteiger partial charge in [0.25, 0.3) is 5.91 Å². The highest BCUT2D eigenvalue weighted by molar-refractivity contribution is 5.94. The summed E-state index contributed by atoms with van der Waals surface area (Å²) in [4.78, 5) is 12.0. The van der Waals surface area contributed by atoms with Crippen molar-refractivity contribution in [3.63, 3.8) is 0 Å². The molecular weight excluding hydrogens is 262 g/mol. The van der Waals surface area contributed by atoms with Crippen LogP contribution in [0.5, 0.6) is 0 Å². The van der Waals surface area contributed by atoms with Crippen LogP contribution < -0.4 is 10.6 Å². The number of hydrogen-bond donors (Lipinski definition) is 2. The molecule has 1 fully saturated rings. The molecule has 0 aromatic heterocycles. The summed E-state index contributed by atoms with van der Waals surface area (Å²) in [5.41, 5.74) is 0.0382. The molecule has 0 saturated heterocycles. The van der Waals surface area contributed by atoms with Crippen LogP contribution in [0, 0.1) is 11.6 Å². The second kappa shape index (κ2) is 6.79. The first-order valence-corrected chi connectivity index (χ1v) is 7.09. The number of nitrogens with one attached hydrogen (secondary N) is 2. The quantitative estimate of drug-likeness (QED) is 0.891. The van der Waals surface area contributed by atoms with Crippen LogP contribution in [0.3, 0.4) is 0 Å². The zero-order chi connectivity index (χ0) is 14.5. The van der Waals surface area contributed by atoms with E-state index >= 15 is 0 Å². The van der Waals surface area contributed by atoms with Gasteiger partial charge >= 0.3 is 0 Å². The van der Waals surface area contributed by atoms with Crippen molar-refractivity contribution < 1.29 is 13.6 Å². The van der Waals surface area contributed by atoms with Crippen LogP contribution in [-0.4, -0.2) is 24.5 Å². The highest BCUT2D eigenvalue weighted by Crippen LogP contribution is 2.19. The third-order valence-corrected chi connectivity index (χ3v) is 3.68. The van der Waals surface area contributed by atoms with Crippen molar-refractivity contribution in [1.82, 2.24) is 10.6 Å². The molecule has 0 radical (unpaired) electrons. The Morgan fingerprint density at radius 1 is 1.10 bits per heavy atom. The molecule has 20 heavy (non-hydrogen) atoms. The molecule has 0 bridgehead atoms. The molecule has 1 saturated carbocycles. The van der Waals surface area contributed by atoms with E-state index in [1.54, 1.807) is 0 Å². The van der Waals surface area contributed by atoms with Gasteiger partial charge in [-0.3, -0.25) is 4.79 Å². The van der Waals surface area contributed by atoms with Crippen molar-refractivity contribution >= 4 is 5.91 Å². The highest BCUT2D eigenvalue weighted by Gasteiger charge is 2.22. The summed E-state index contributed by atoms with van der Waals surface area (Å²) in [5, 5.41) is 6.25. The number of hydrogen-bond acceptors (Lipinski definition) is 2. The van der Waals surface area contributed by atoms with E-state index in [0.29, 0.717) is 6.04 Å². The van der Waals surface area contributed by atoms with Crippen molar-refractivity contribution in [2.75, 3.05) is 6.54 Å². The van der Waals surface area contributed by atoms with E-state index in [1.165, 1.54) is 0 Å². The Kier molecular flexibility index (Phi) is 5.06. The maximum atomic E-state index is 13.1. The fraction of sp³-hybridized carbons (Fsp3) is 0.533. The Balaban J connectivity index is 1.89. The molecule has 0 atom stereocenters. The zero-order valence-corrected chi connectivity index (χ0v) is 11.6. The predicted molar refractivity (Wildman–Crippen MR) is 73.5 cm³/mol. The number of amides is 1. The average molecular weight is 282 g/mol. The first-order valence-electron chi connectivity index (χ1n) is 7.09. The highest BCUT2D eigenvalue weighted by atomic mass is 19.1. The van der Waals surface area contributed by atoms with Crippen molar-refractivity contribution in [3.05, 3.63) is 35.4 Å².